The van der Waals surface area contributed by atoms with E-state index in [1.54, 1.807) is 0 Å². The van der Waals surface area contributed by atoms with Crippen LogP contribution in [0.4, 0.5) is 0 Å². The maximum Gasteiger partial charge on any atom is 0.472 e. The number of quaternary nitrogens is 1. The van der Waals surface area contributed by atoms with Gasteiger partial charge in [-0.3, -0.25) is 18.6 Å². The van der Waals surface area contributed by atoms with E-state index in [1.807, 2.05) is 33.3 Å². The number of rotatable bonds is 52. The summed E-state index contributed by atoms with van der Waals surface area (Å²) >= 11 is 0. The van der Waals surface area contributed by atoms with Crippen LogP contribution in [-0.4, -0.2) is 74.3 Å². The van der Waals surface area contributed by atoms with Gasteiger partial charge in [-0.15, -0.1) is 0 Å². The molecule has 0 spiro atoms. The minimum absolute atomic E-state index is 0.0377. The zero-order valence-electron chi connectivity index (χ0n) is 45.6. The number of nitrogens with one attached hydrogen (secondary N) is 1. The number of phosphoric ester groups is 1. The molecule has 1 amide bonds. The number of carbonyl (C=O) groups is 2. The second-order valence-corrected chi connectivity index (χ2v) is 22.3. The lowest BCUT2D eigenvalue weighted by molar-refractivity contribution is -0.870. The third-order valence-corrected chi connectivity index (χ3v) is 13.8. The number of hydrogen-bond acceptors (Lipinski definition) is 6. The van der Waals surface area contributed by atoms with Gasteiger partial charge >= 0.3 is 13.8 Å². The molecule has 0 saturated heterocycles. The Hall–Kier alpha value is -1.77. The number of unbranched alkanes of at least 4 members (excludes halogenated alkanes) is 32. The zero-order valence-corrected chi connectivity index (χ0v) is 46.5. The lowest BCUT2D eigenvalue weighted by atomic mass is 10.0. The van der Waals surface area contributed by atoms with Gasteiger partial charge in [0.25, 0.3) is 0 Å². The van der Waals surface area contributed by atoms with Crippen molar-refractivity contribution in [2.24, 2.45) is 0 Å². The summed E-state index contributed by atoms with van der Waals surface area (Å²) in [7, 11) is 1.49. The fourth-order valence-corrected chi connectivity index (χ4v) is 9.02. The highest BCUT2D eigenvalue weighted by Gasteiger charge is 2.30. The lowest BCUT2D eigenvalue weighted by Gasteiger charge is -2.27. The van der Waals surface area contributed by atoms with Crippen molar-refractivity contribution >= 4 is 19.7 Å². The molecular weight excluding hydrogens is 868 g/mol. The monoisotopic (exact) mass is 980 g/mol. The zero-order chi connectivity index (χ0) is 50.1. The van der Waals surface area contributed by atoms with Gasteiger partial charge in [0, 0.05) is 12.8 Å². The second kappa shape index (κ2) is 48.8. The number of likely N-dealkylation sites (N-methyl/N-ethyl adjacent to an activating group) is 1. The standard InChI is InChI=1S/C58H111N2O7P/c1-7-10-13-16-19-22-25-28-30-31-32-35-38-41-44-47-50-57(61)59-55(54-66-68(63,64)65-53-52-60(4,5)6)56(49-46-43-40-37-34-27-24-21-18-15-12-9-3)67-58(62)51-48-45-42-39-36-33-29-26-23-20-17-14-11-8-2/h30-31,33,36,46,49,55-56H,7-29,32,34-35,37-45,47-48,50-54H2,1-6H3,(H-,59,61,63,64)/p+1/b31-30+,36-33-,49-46+. The van der Waals surface area contributed by atoms with Crippen LogP contribution in [0.1, 0.15) is 271 Å². The number of phosphoric acid groups is 1. The van der Waals surface area contributed by atoms with E-state index < -0.39 is 20.0 Å². The van der Waals surface area contributed by atoms with Crippen LogP contribution in [-0.2, 0) is 27.9 Å². The molecule has 0 saturated carbocycles. The summed E-state index contributed by atoms with van der Waals surface area (Å²) in [5.74, 6) is -0.527. The van der Waals surface area contributed by atoms with Crippen LogP contribution in [0, 0.1) is 0 Å². The summed E-state index contributed by atoms with van der Waals surface area (Å²) in [5, 5.41) is 3.04. The number of allylic oxidation sites excluding steroid dienone is 5. The van der Waals surface area contributed by atoms with Gasteiger partial charge in [-0.25, -0.2) is 4.57 Å². The minimum Gasteiger partial charge on any atom is -0.456 e. The van der Waals surface area contributed by atoms with Gasteiger partial charge < -0.3 is 19.4 Å². The molecule has 9 nitrogen and oxygen atoms in total. The van der Waals surface area contributed by atoms with E-state index in [9.17, 15) is 19.0 Å². The molecule has 0 heterocycles. The van der Waals surface area contributed by atoms with Crippen LogP contribution in [0.2, 0.25) is 0 Å². The first-order valence-corrected chi connectivity index (χ1v) is 30.3. The Labute approximate surface area is 421 Å². The quantitative estimate of drug-likeness (QED) is 0.0205. The molecule has 0 aromatic heterocycles. The molecule has 0 aliphatic heterocycles. The molecule has 68 heavy (non-hydrogen) atoms. The predicted molar refractivity (Wildman–Crippen MR) is 291 cm³/mol. The van der Waals surface area contributed by atoms with E-state index in [-0.39, 0.29) is 31.5 Å². The van der Waals surface area contributed by atoms with Crippen molar-refractivity contribution in [3.05, 3.63) is 36.5 Å². The molecule has 3 atom stereocenters. The third kappa shape index (κ3) is 49.2. The molecule has 3 unspecified atom stereocenters. The van der Waals surface area contributed by atoms with Crippen LogP contribution in [0.3, 0.4) is 0 Å². The Morgan fingerprint density at radius 1 is 0.500 bits per heavy atom. The van der Waals surface area contributed by atoms with Crippen LogP contribution in [0.5, 0.6) is 0 Å². The Bertz CT molecular complexity index is 1270. The largest absolute Gasteiger partial charge is 0.472 e. The number of carbonyl (C=O) groups excluding carboxylic acids is 2. The summed E-state index contributed by atoms with van der Waals surface area (Å²) in [6.07, 6.45) is 57.0. The molecule has 0 aromatic rings. The van der Waals surface area contributed by atoms with Crippen molar-refractivity contribution in [2.45, 2.75) is 283 Å². The number of esters is 1. The van der Waals surface area contributed by atoms with Crippen molar-refractivity contribution in [3.63, 3.8) is 0 Å². The van der Waals surface area contributed by atoms with E-state index in [1.165, 1.54) is 148 Å². The minimum atomic E-state index is -4.44. The molecule has 0 aliphatic rings. The molecular formula is C58H112N2O7P+. The molecule has 2 N–H and O–H groups in total. The normalized spacial score (nSPS) is 14.0. The van der Waals surface area contributed by atoms with Gasteiger partial charge in [0.15, 0.2) is 0 Å². The highest BCUT2D eigenvalue weighted by Crippen LogP contribution is 2.43. The smallest absolute Gasteiger partial charge is 0.456 e. The van der Waals surface area contributed by atoms with Crippen molar-refractivity contribution in [1.82, 2.24) is 5.32 Å². The van der Waals surface area contributed by atoms with Crippen LogP contribution < -0.4 is 5.32 Å². The fraction of sp³-hybridized carbons (Fsp3) is 0.862. The average molecular weight is 981 g/mol. The number of ether oxygens (including phenoxy) is 1. The Kier molecular flexibility index (Phi) is 47.6. The lowest BCUT2D eigenvalue weighted by Crippen LogP contribution is -2.47. The first-order valence-electron chi connectivity index (χ1n) is 28.8. The average Bonchev–Trinajstić information content (AvgIpc) is 3.29. The molecule has 400 valence electrons. The summed E-state index contributed by atoms with van der Waals surface area (Å²) in [6, 6.07) is -0.854. The molecule has 0 rings (SSSR count). The highest BCUT2D eigenvalue weighted by molar-refractivity contribution is 7.47. The summed E-state index contributed by atoms with van der Waals surface area (Å²) < 4.78 is 30.6. The summed E-state index contributed by atoms with van der Waals surface area (Å²) in [5.41, 5.74) is 0. The molecule has 10 heteroatoms. The Morgan fingerprint density at radius 3 is 1.26 bits per heavy atom. The maximum absolute atomic E-state index is 13.5. The van der Waals surface area contributed by atoms with Crippen molar-refractivity contribution in [1.29, 1.82) is 0 Å². The van der Waals surface area contributed by atoms with E-state index in [0.29, 0.717) is 23.9 Å². The van der Waals surface area contributed by atoms with E-state index in [2.05, 4.69) is 50.4 Å². The predicted octanol–water partition coefficient (Wildman–Crippen LogP) is 17.2. The van der Waals surface area contributed by atoms with Crippen LogP contribution >= 0.6 is 7.82 Å². The molecule has 0 aromatic carbocycles. The Balaban J connectivity index is 5.38. The fourth-order valence-electron chi connectivity index (χ4n) is 8.28. The van der Waals surface area contributed by atoms with Gasteiger partial charge in [-0.05, 0) is 83.1 Å². The molecule has 0 bridgehead atoms. The number of amides is 1. The van der Waals surface area contributed by atoms with Gasteiger partial charge in [0.2, 0.25) is 5.91 Å². The number of hydrogen-bond donors (Lipinski definition) is 2. The summed E-state index contributed by atoms with van der Waals surface area (Å²) in [4.78, 5) is 37.5. The number of nitrogens with zero attached hydrogens (tertiary/aromatic N) is 1. The first-order chi connectivity index (χ1) is 32.9. The van der Waals surface area contributed by atoms with Gasteiger partial charge in [0.1, 0.15) is 19.3 Å². The van der Waals surface area contributed by atoms with Gasteiger partial charge in [-0.1, -0.05) is 212 Å². The third-order valence-electron chi connectivity index (χ3n) is 12.8. The second-order valence-electron chi connectivity index (χ2n) is 20.8. The van der Waals surface area contributed by atoms with Crippen LogP contribution in [0.25, 0.3) is 0 Å². The van der Waals surface area contributed by atoms with E-state index >= 15 is 0 Å². The van der Waals surface area contributed by atoms with E-state index in [4.69, 9.17) is 13.8 Å². The Morgan fingerprint density at radius 2 is 0.853 bits per heavy atom. The summed E-state index contributed by atoms with van der Waals surface area (Å²) in [6.45, 7) is 7.00. The molecule has 0 fully saturated rings. The van der Waals surface area contributed by atoms with Crippen molar-refractivity contribution in [3.8, 4) is 0 Å². The highest BCUT2D eigenvalue weighted by atomic mass is 31.2. The van der Waals surface area contributed by atoms with Crippen LogP contribution in [0.15, 0.2) is 36.5 Å². The maximum atomic E-state index is 13.5. The SMILES string of the molecule is CCCCCCCCC/C=C\CCCCCC(=O)OC(/C=C/CCCCCCCCCCCC)C(COP(=O)(O)OCC[N+](C)(C)C)NC(=O)CCCCCCC/C=C/CCCCCCCCC. The van der Waals surface area contributed by atoms with E-state index in [0.717, 1.165) is 83.5 Å². The van der Waals surface area contributed by atoms with Crippen molar-refractivity contribution in [2.75, 3.05) is 40.9 Å². The molecule has 0 radical (unpaired) electrons. The topological polar surface area (TPSA) is 111 Å². The molecule has 0 aliphatic carbocycles. The van der Waals surface area contributed by atoms with Gasteiger partial charge in [-0.2, -0.15) is 0 Å². The van der Waals surface area contributed by atoms with Crippen molar-refractivity contribution < 1.29 is 37.3 Å². The first kappa shape index (κ1) is 66.2. The van der Waals surface area contributed by atoms with Gasteiger partial charge in [0.05, 0.1) is 33.8 Å².